The summed E-state index contributed by atoms with van der Waals surface area (Å²) < 4.78 is 0. The minimum atomic E-state index is 0.00829. The van der Waals surface area contributed by atoms with Crippen molar-refractivity contribution in [3.8, 4) is 0 Å². The van der Waals surface area contributed by atoms with Crippen LogP contribution in [-0.4, -0.2) is 25.0 Å². The van der Waals surface area contributed by atoms with Crippen LogP contribution in [0.3, 0.4) is 0 Å². The molecule has 5 nitrogen and oxygen atoms in total. The Balaban J connectivity index is 2.35. The predicted octanol–water partition coefficient (Wildman–Crippen LogP) is 1.64. The number of hydrogen-bond acceptors (Lipinski definition) is 2. The number of benzene rings is 1. The van der Waals surface area contributed by atoms with Gasteiger partial charge in [-0.15, -0.1) is 0 Å². The van der Waals surface area contributed by atoms with Crippen LogP contribution in [0.1, 0.15) is 25.3 Å². The Morgan fingerprint density at radius 1 is 1.42 bits per heavy atom. The van der Waals surface area contributed by atoms with Crippen LogP contribution in [0, 0.1) is 6.92 Å². The highest BCUT2D eigenvalue weighted by Crippen LogP contribution is 2.08. The molecule has 1 rings (SSSR count). The van der Waals surface area contributed by atoms with Crippen LogP contribution in [0.5, 0.6) is 0 Å². The first-order valence-corrected chi connectivity index (χ1v) is 6.52. The normalized spacial score (nSPS) is 11.2. The predicted molar refractivity (Wildman–Crippen MR) is 79.2 cm³/mol. The molecular weight excluding hydrogens is 240 g/mol. The van der Waals surface area contributed by atoms with E-state index in [1.54, 1.807) is 0 Å². The largest absolute Gasteiger partial charge is 0.370 e. The summed E-state index contributed by atoms with van der Waals surface area (Å²) in [6, 6.07) is 7.86. The third-order valence-electron chi connectivity index (χ3n) is 2.48. The van der Waals surface area contributed by atoms with Crippen molar-refractivity contribution in [3.63, 3.8) is 0 Å². The summed E-state index contributed by atoms with van der Waals surface area (Å²) in [4.78, 5) is 15.5. The van der Waals surface area contributed by atoms with Gasteiger partial charge in [0.05, 0.1) is 6.54 Å². The lowest BCUT2D eigenvalue weighted by atomic mass is 10.2. The second-order valence-corrected chi connectivity index (χ2v) is 4.36. The Bertz CT molecular complexity index is 443. The molecule has 0 aliphatic heterocycles. The first-order chi connectivity index (χ1) is 9.11. The molecule has 104 valence electrons. The highest BCUT2D eigenvalue weighted by molar-refractivity contribution is 5.92. The van der Waals surface area contributed by atoms with E-state index in [0.717, 1.165) is 17.7 Å². The minimum Gasteiger partial charge on any atom is -0.370 e. The molecule has 0 heterocycles. The zero-order chi connectivity index (χ0) is 14.1. The van der Waals surface area contributed by atoms with Gasteiger partial charge in [0.25, 0.3) is 0 Å². The molecule has 0 atom stereocenters. The summed E-state index contributed by atoms with van der Waals surface area (Å²) in [5.74, 6) is 0.336. The van der Waals surface area contributed by atoms with Crippen molar-refractivity contribution >= 4 is 17.6 Å². The Kier molecular flexibility index (Phi) is 6.43. The molecule has 0 saturated carbocycles. The number of guanidine groups is 1. The molecule has 5 heteroatoms. The first-order valence-electron chi connectivity index (χ1n) is 6.52. The molecular formula is C14H22N4O. The highest BCUT2D eigenvalue weighted by atomic mass is 16.1. The van der Waals surface area contributed by atoms with Crippen LogP contribution in [0.2, 0.25) is 0 Å². The van der Waals surface area contributed by atoms with Crippen molar-refractivity contribution in [2.75, 3.05) is 18.4 Å². The number of aryl methyl sites for hydroxylation is 1. The number of nitrogens with two attached hydrogens (primary N) is 1. The summed E-state index contributed by atoms with van der Waals surface area (Å²) in [5, 5.41) is 5.79. The second kappa shape index (κ2) is 8.13. The molecule has 0 fully saturated rings. The van der Waals surface area contributed by atoms with E-state index in [9.17, 15) is 4.79 Å². The van der Waals surface area contributed by atoms with Crippen LogP contribution >= 0.6 is 0 Å². The van der Waals surface area contributed by atoms with Crippen molar-refractivity contribution in [1.82, 2.24) is 5.32 Å². The Morgan fingerprint density at radius 2 is 2.21 bits per heavy atom. The number of aliphatic imine (C=N–C) groups is 1. The van der Waals surface area contributed by atoms with E-state index in [2.05, 4.69) is 15.6 Å². The van der Waals surface area contributed by atoms with Gasteiger partial charge in [-0.25, -0.2) is 0 Å². The van der Waals surface area contributed by atoms with E-state index < -0.39 is 0 Å². The van der Waals surface area contributed by atoms with E-state index >= 15 is 0 Å². The number of carbonyl (C=O) groups is 1. The smallest absolute Gasteiger partial charge is 0.221 e. The van der Waals surface area contributed by atoms with Crippen LogP contribution < -0.4 is 16.4 Å². The molecule has 0 bridgehead atoms. The molecule has 1 amide bonds. The van der Waals surface area contributed by atoms with Crippen LogP contribution in [-0.2, 0) is 4.79 Å². The summed E-state index contributed by atoms with van der Waals surface area (Å²) >= 11 is 0. The molecule has 4 N–H and O–H groups in total. The molecule has 0 spiro atoms. The summed E-state index contributed by atoms with van der Waals surface area (Å²) in [7, 11) is 0. The number of carbonyl (C=O) groups excluding carboxylic acids is 1. The molecule has 0 saturated heterocycles. The van der Waals surface area contributed by atoms with Crippen LogP contribution in [0.4, 0.5) is 5.69 Å². The average Bonchev–Trinajstić information content (AvgIpc) is 2.36. The maximum Gasteiger partial charge on any atom is 0.221 e. The molecule has 1 aromatic rings. The molecule has 0 aliphatic rings. The van der Waals surface area contributed by atoms with Crippen molar-refractivity contribution in [1.29, 1.82) is 0 Å². The van der Waals surface area contributed by atoms with E-state index in [0.29, 0.717) is 25.5 Å². The number of anilines is 1. The van der Waals surface area contributed by atoms with Gasteiger partial charge in [0.15, 0.2) is 5.96 Å². The Labute approximate surface area is 114 Å². The summed E-state index contributed by atoms with van der Waals surface area (Å²) in [6.07, 6.45) is 1.29. The fourth-order valence-corrected chi connectivity index (χ4v) is 1.54. The zero-order valence-corrected chi connectivity index (χ0v) is 11.6. The third-order valence-corrected chi connectivity index (χ3v) is 2.48. The molecule has 0 aliphatic carbocycles. The molecule has 0 unspecified atom stereocenters. The number of nitrogens with zero attached hydrogens (tertiary/aromatic N) is 1. The monoisotopic (exact) mass is 262 g/mol. The quantitative estimate of drug-likeness (QED) is 0.538. The van der Waals surface area contributed by atoms with E-state index in [1.165, 1.54) is 0 Å². The lowest BCUT2D eigenvalue weighted by Crippen LogP contribution is -2.26. The molecule has 0 radical (unpaired) electrons. The third kappa shape index (κ3) is 6.45. The second-order valence-electron chi connectivity index (χ2n) is 4.36. The van der Waals surface area contributed by atoms with Crippen LogP contribution in [0.15, 0.2) is 29.3 Å². The van der Waals surface area contributed by atoms with Gasteiger partial charge in [-0.1, -0.05) is 19.1 Å². The SMILES string of the molecule is CCCNC(=O)CCN=C(N)Nc1cccc(C)c1. The fraction of sp³-hybridized carbons (Fsp3) is 0.429. The fourth-order valence-electron chi connectivity index (χ4n) is 1.54. The van der Waals surface area contributed by atoms with Gasteiger partial charge in [-0.2, -0.15) is 0 Å². The average molecular weight is 262 g/mol. The number of amides is 1. The Morgan fingerprint density at radius 3 is 2.89 bits per heavy atom. The van der Waals surface area contributed by atoms with Crippen molar-refractivity contribution in [2.24, 2.45) is 10.7 Å². The molecule has 19 heavy (non-hydrogen) atoms. The van der Waals surface area contributed by atoms with Gasteiger partial charge >= 0.3 is 0 Å². The Hall–Kier alpha value is -2.04. The standard InChI is InChI=1S/C14H22N4O/c1-3-8-16-13(19)7-9-17-14(15)18-12-6-4-5-11(2)10-12/h4-6,10H,3,7-9H2,1-2H3,(H,16,19)(H3,15,17,18). The lowest BCUT2D eigenvalue weighted by molar-refractivity contribution is -0.120. The maximum absolute atomic E-state index is 11.3. The number of rotatable bonds is 6. The van der Waals surface area contributed by atoms with Gasteiger partial charge in [0, 0.05) is 18.7 Å². The van der Waals surface area contributed by atoms with Crippen molar-refractivity contribution < 1.29 is 4.79 Å². The minimum absolute atomic E-state index is 0.00829. The number of nitrogens with one attached hydrogen (secondary N) is 2. The highest BCUT2D eigenvalue weighted by Gasteiger charge is 1.99. The summed E-state index contributed by atoms with van der Waals surface area (Å²) in [5.41, 5.74) is 7.80. The van der Waals surface area contributed by atoms with E-state index in [4.69, 9.17) is 5.73 Å². The van der Waals surface area contributed by atoms with Crippen molar-refractivity contribution in [2.45, 2.75) is 26.7 Å². The lowest BCUT2D eigenvalue weighted by Gasteiger charge is -2.06. The number of hydrogen-bond donors (Lipinski definition) is 3. The molecule has 0 aromatic heterocycles. The van der Waals surface area contributed by atoms with E-state index in [-0.39, 0.29) is 5.91 Å². The van der Waals surface area contributed by atoms with Crippen LogP contribution in [0.25, 0.3) is 0 Å². The maximum atomic E-state index is 11.3. The van der Waals surface area contributed by atoms with Gasteiger partial charge in [-0.05, 0) is 31.0 Å². The van der Waals surface area contributed by atoms with Gasteiger partial charge in [-0.3, -0.25) is 9.79 Å². The van der Waals surface area contributed by atoms with E-state index in [1.807, 2.05) is 38.1 Å². The molecule has 1 aromatic carbocycles. The zero-order valence-electron chi connectivity index (χ0n) is 11.6. The van der Waals surface area contributed by atoms with Gasteiger partial charge in [0.2, 0.25) is 5.91 Å². The first kappa shape index (κ1) is 15.0. The summed E-state index contributed by atoms with van der Waals surface area (Å²) in [6.45, 7) is 5.12. The van der Waals surface area contributed by atoms with Crippen molar-refractivity contribution in [3.05, 3.63) is 29.8 Å². The van der Waals surface area contributed by atoms with Gasteiger partial charge < -0.3 is 16.4 Å². The topological polar surface area (TPSA) is 79.5 Å². The van der Waals surface area contributed by atoms with Gasteiger partial charge in [0.1, 0.15) is 0 Å².